The maximum atomic E-state index is 12.8. The highest BCUT2D eigenvalue weighted by Gasteiger charge is 2.51. The number of rotatable bonds is 7. The molecule has 7 heteroatoms. The number of carbonyl (C=O) groups excluding carboxylic acids is 2. The lowest BCUT2D eigenvalue weighted by atomic mass is 9.94. The van der Waals surface area contributed by atoms with E-state index in [1.54, 1.807) is 12.1 Å². The first-order valence-corrected chi connectivity index (χ1v) is 9.26. The van der Waals surface area contributed by atoms with Crippen molar-refractivity contribution in [3.8, 4) is 11.5 Å². The normalized spacial score (nSPS) is 16.9. The molecule has 0 aromatic heterocycles. The maximum absolute atomic E-state index is 12.8. The van der Waals surface area contributed by atoms with Gasteiger partial charge in [0.25, 0.3) is 0 Å². The van der Waals surface area contributed by atoms with Crippen molar-refractivity contribution < 1.29 is 24.2 Å². The van der Waals surface area contributed by atoms with Gasteiger partial charge in [-0.1, -0.05) is 36.4 Å². The predicted molar refractivity (Wildman–Crippen MR) is 101 cm³/mol. The Bertz CT molecular complexity index is 880. The minimum Gasteiger partial charge on any atom is -0.454 e. The number of benzene rings is 2. The molecule has 1 heterocycles. The van der Waals surface area contributed by atoms with Crippen molar-refractivity contribution in [3.05, 3.63) is 59.7 Å². The van der Waals surface area contributed by atoms with Gasteiger partial charge in [-0.05, 0) is 36.1 Å². The molecule has 1 saturated carbocycles. The Morgan fingerprint density at radius 2 is 1.82 bits per heavy atom. The molecule has 2 aromatic rings. The minimum atomic E-state index is -0.998. The van der Waals surface area contributed by atoms with E-state index in [0.29, 0.717) is 11.5 Å². The third-order valence-electron chi connectivity index (χ3n) is 5.22. The van der Waals surface area contributed by atoms with E-state index in [1.807, 2.05) is 36.4 Å². The summed E-state index contributed by atoms with van der Waals surface area (Å²) in [4.78, 5) is 25.2. The van der Waals surface area contributed by atoms with Crippen LogP contribution >= 0.6 is 0 Å². The summed E-state index contributed by atoms with van der Waals surface area (Å²) in [6.45, 7) is -0.0256. The molecule has 0 radical (unpaired) electrons. The maximum Gasteiger partial charge on any atom is 0.245 e. The summed E-state index contributed by atoms with van der Waals surface area (Å²) in [6.07, 6.45) is 1.47. The van der Waals surface area contributed by atoms with E-state index in [2.05, 4.69) is 10.6 Å². The van der Waals surface area contributed by atoms with Gasteiger partial charge < -0.3 is 25.2 Å². The molecule has 2 amide bonds. The highest BCUT2D eigenvalue weighted by molar-refractivity contribution is 5.95. The van der Waals surface area contributed by atoms with E-state index < -0.39 is 24.0 Å². The smallest absolute Gasteiger partial charge is 0.245 e. The Labute approximate surface area is 162 Å². The molecule has 1 aliphatic heterocycles. The average molecular weight is 382 g/mol. The second-order valence-corrected chi connectivity index (χ2v) is 7.06. The van der Waals surface area contributed by atoms with Gasteiger partial charge in [-0.25, -0.2) is 0 Å². The predicted octanol–water partition coefficient (Wildman–Crippen LogP) is 1.24. The first-order valence-electron chi connectivity index (χ1n) is 9.26. The molecule has 4 rings (SSSR count). The largest absolute Gasteiger partial charge is 0.454 e. The number of nitrogens with one attached hydrogen (secondary N) is 2. The topological polar surface area (TPSA) is 96.9 Å². The lowest BCUT2D eigenvalue weighted by Gasteiger charge is -2.21. The molecule has 3 N–H and O–H groups in total. The van der Waals surface area contributed by atoms with Crippen molar-refractivity contribution in [1.82, 2.24) is 10.6 Å². The third-order valence-corrected chi connectivity index (χ3v) is 5.22. The van der Waals surface area contributed by atoms with Crippen molar-refractivity contribution in [3.63, 3.8) is 0 Å². The SMILES string of the molecule is O=C(NCc1ccc2c(c1)OCO2)C(CO)NC(=O)C1(c2ccccc2)CC1. The summed E-state index contributed by atoms with van der Waals surface area (Å²) in [6, 6.07) is 13.9. The van der Waals surface area contributed by atoms with Crippen molar-refractivity contribution in [1.29, 1.82) is 0 Å². The molecular formula is C21H22N2O5. The van der Waals surface area contributed by atoms with Crippen LogP contribution in [0.5, 0.6) is 11.5 Å². The van der Waals surface area contributed by atoms with E-state index in [-0.39, 0.29) is 19.2 Å². The number of fused-ring (bicyclic) bond motifs is 1. The molecule has 1 fully saturated rings. The minimum absolute atomic E-state index is 0.187. The molecule has 7 nitrogen and oxygen atoms in total. The van der Waals surface area contributed by atoms with E-state index in [9.17, 15) is 14.7 Å². The number of hydrogen-bond acceptors (Lipinski definition) is 5. The Kier molecular flexibility index (Phi) is 4.92. The van der Waals surface area contributed by atoms with Crippen LogP contribution in [0.2, 0.25) is 0 Å². The summed E-state index contributed by atoms with van der Waals surface area (Å²) in [7, 11) is 0. The van der Waals surface area contributed by atoms with Gasteiger partial charge in [-0.3, -0.25) is 9.59 Å². The molecule has 2 aromatic carbocycles. The molecule has 1 aliphatic carbocycles. The first kappa shape index (κ1) is 18.3. The van der Waals surface area contributed by atoms with Gasteiger partial charge in [0.2, 0.25) is 18.6 Å². The molecule has 0 bridgehead atoms. The summed E-state index contributed by atoms with van der Waals surface area (Å²) >= 11 is 0. The quantitative estimate of drug-likeness (QED) is 0.670. The van der Waals surface area contributed by atoms with Crippen molar-refractivity contribution in [2.75, 3.05) is 13.4 Å². The van der Waals surface area contributed by atoms with Crippen molar-refractivity contribution >= 4 is 11.8 Å². The van der Waals surface area contributed by atoms with E-state index in [4.69, 9.17) is 9.47 Å². The highest BCUT2D eigenvalue weighted by atomic mass is 16.7. The zero-order valence-corrected chi connectivity index (χ0v) is 15.3. The fourth-order valence-corrected chi connectivity index (χ4v) is 3.38. The second-order valence-electron chi connectivity index (χ2n) is 7.06. The van der Waals surface area contributed by atoms with Crippen molar-refractivity contribution in [2.45, 2.75) is 30.8 Å². The number of ether oxygens (including phenoxy) is 2. The van der Waals surface area contributed by atoms with Crippen LogP contribution in [0.1, 0.15) is 24.0 Å². The monoisotopic (exact) mass is 382 g/mol. The summed E-state index contributed by atoms with van der Waals surface area (Å²) in [5.74, 6) is 0.650. The number of aliphatic hydroxyl groups is 1. The molecule has 2 aliphatic rings. The van der Waals surface area contributed by atoms with Gasteiger partial charge in [-0.2, -0.15) is 0 Å². The second kappa shape index (κ2) is 7.52. The first-order chi connectivity index (χ1) is 13.6. The lowest BCUT2D eigenvalue weighted by molar-refractivity contribution is -0.131. The van der Waals surface area contributed by atoms with E-state index in [1.165, 1.54) is 0 Å². The van der Waals surface area contributed by atoms with Gasteiger partial charge in [0.15, 0.2) is 11.5 Å². The van der Waals surface area contributed by atoms with Crippen LogP contribution < -0.4 is 20.1 Å². The Morgan fingerprint density at radius 3 is 2.54 bits per heavy atom. The summed E-state index contributed by atoms with van der Waals surface area (Å²) in [5, 5.41) is 15.1. The van der Waals surface area contributed by atoms with Crippen molar-refractivity contribution in [2.24, 2.45) is 0 Å². The van der Waals surface area contributed by atoms with Gasteiger partial charge in [0, 0.05) is 6.54 Å². The average Bonchev–Trinajstić information content (AvgIpc) is 3.42. The molecular weight excluding hydrogens is 360 g/mol. The van der Waals surface area contributed by atoms with Crippen LogP contribution in [-0.4, -0.2) is 36.4 Å². The zero-order valence-electron chi connectivity index (χ0n) is 15.3. The van der Waals surface area contributed by atoms with Crippen LogP contribution in [-0.2, 0) is 21.5 Å². The van der Waals surface area contributed by atoms with Crippen LogP contribution in [0.25, 0.3) is 0 Å². The number of hydrogen-bond donors (Lipinski definition) is 3. The van der Waals surface area contributed by atoms with Crippen LogP contribution in [0.4, 0.5) is 0 Å². The Hall–Kier alpha value is -3.06. The Balaban J connectivity index is 1.36. The summed E-state index contributed by atoms with van der Waals surface area (Å²) in [5.41, 5.74) is 1.18. The van der Waals surface area contributed by atoms with Crippen LogP contribution in [0, 0.1) is 0 Å². The molecule has 1 atom stereocenters. The molecule has 28 heavy (non-hydrogen) atoms. The number of amides is 2. The molecule has 1 unspecified atom stereocenters. The fraction of sp³-hybridized carbons (Fsp3) is 0.333. The molecule has 146 valence electrons. The standard InChI is InChI=1S/C21H22N2O5/c24-12-16(23-20(26)21(8-9-21)15-4-2-1-3-5-15)19(25)22-11-14-6-7-17-18(10-14)28-13-27-17/h1-7,10,16,24H,8-9,11-13H2,(H,22,25)(H,23,26). The van der Waals surface area contributed by atoms with Gasteiger partial charge in [0.1, 0.15) is 6.04 Å². The molecule has 0 saturated heterocycles. The fourth-order valence-electron chi connectivity index (χ4n) is 3.38. The van der Waals surface area contributed by atoms with Crippen LogP contribution in [0.15, 0.2) is 48.5 Å². The highest BCUT2D eigenvalue weighted by Crippen LogP contribution is 2.48. The van der Waals surface area contributed by atoms with Crippen LogP contribution in [0.3, 0.4) is 0 Å². The molecule has 0 spiro atoms. The van der Waals surface area contributed by atoms with Gasteiger partial charge >= 0.3 is 0 Å². The summed E-state index contributed by atoms with van der Waals surface area (Å²) < 4.78 is 10.6. The number of aliphatic hydroxyl groups excluding tert-OH is 1. The zero-order chi connectivity index (χ0) is 19.6. The van der Waals surface area contributed by atoms with Gasteiger partial charge in [-0.15, -0.1) is 0 Å². The third kappa shape index (κ3) is 3.53. The van der Waals surface area contributed by atoms with Gasteiger partial charge in [0.05, 0.1) is 12.0 Å². The van der Waals surface area contributed by atoms with E-state index in [0.717, 1.165) is 24.0 Å². The number of carbonyl (C=O) groups is 2. The lowest BCUT2D eigenvalue weighted by Crippen LogP contribution is -2.51. The Morgan fingerprint density at radius 1 is 1.07 bits per heavy atom. The van der Waals surface area contributed by atoms with E-state index >= 15 is 0 Å².